The van der Waals surface area contributed by atoms with Crippen molar-refractivity contribution in [2.75, 3.05) is 45.4 Å². The lowest BCUT2D eigenvalue weighted by molar-refractivity contribution is -0.0624. The molecule has 0 saturated carbocycles. The molecular formula is C17H25N3O4. The summed E-state index contributed by atoms with van der Waals surface area (Å²) < 4.78 is 22.2. The molecule has 1 aromatic carbocycles. The maximum Gasteiger partial charge on any atom is 0.193 e. The number of aliphatic imine (C=N–C) groups is 1. The minimum atomic E-state index is 0.0772. The van der Waals surface area contributed by atoms with Crippen LogP contribution in [0.15, 0.2) is 23.2 Å². The monoisotopic (exact) mass is 335 g/mol. The highest BCUT2D eigenvalue weighted by Gasteiger charge is 2.25. The highest BCUT2D eigenvalue weighted by molar-refractivity contribution is 5.92. The molecule has 3 rings (SSSR count). The van der Waals surface area contributed by atoms with Crippen LogP contribution in [0.2, 0.25) is 0 Å². The normalized spacial score (nSPS) is 24.3. The molecule has 2 heterocycles. The lowest BCUT2D eigenvalue weighted by Crippen LogP contribution is -2.36. The number of guanidine groups is 1. The SMILES string of the molecule is COC1COCCC1CN=C(N)Nc1ccc2c(c1)OCCCO2. The number of hydrogen-bond acceptors (Lipinski definition) is 5. The molecule has 24 heavy (non-hydrogen) atoms. The lowest BCUT2D eigenvalue weighted by Gasteiger charge is -2.29. The highest BCUT2D eigenvalue weighted by atomic mass is 16.5. The van der Waals surface area contributed by atoms with Crippen molar-refractivity contribution in [3.05, 3.63) is 18.2 Å². The summed E-state index contributed by atoms with van der Waals surface area (Å²) in [6.07, 6.45) is 1.89. The molecule has 0 spiro atoms. The van der Waals surface area contributed by atoms with Crippen LogP contribution in [0.4, 0.5) is 5.69 Å². The Labute approximate surface area is 142 Å². The predicted molar refractivity (Wildman–Crippen MR) is 91.9 cm³/mol. The second-order valence-corrected chi connectivity index (χ2v) is 5.96. The molecule has 2 aliphatic rings. The lowest BCUT2D eigenvalue weighted by atomic mass is 9.97. The number of fused-ring (bicyclic) bond motifs is 1. The molecule has 3 N–H and O–H groups in total. The molecule has 7 nitrogen and oxygen atoms in total. The summed E-state index contributed by atoms with van der Waals surface area (Å²) in [4.78, 5) is 4.45. The fourth-order valence-electron chi connectivity index (χ4n) is 2.87. The van der Waals surface area contributed by atoms with Crippen LogP contribution >= 0.6 is 0 Å². The van der Waals surface area contributed by atoms with Crippen molar-refractivity contribution < 1.29 is 18.9 Å². The van der Waals surface area contributed by atoms with E-state index in [0.717, 1.165) is 36.6 Å². The number of nitrogens with one attached hydrogen (secondary N) is 1. The molecule has 0 amide bonds. The summed E-state index contributed by atoms with van der Waals surface area (Å²) in [5.41, 5.74) is 6.84. The molecule has 1 aromatic rings. The van der Waals surface area contributed by atoms with Crippen LogP contribution in [0.25, 0.3) is 0 Å². The fourth-order valence-corrected chi connectivity index (χ4v) is 2.87. The number of methoxy groups -OCH3 is 1. The van der Waals surface area contributed by atoms with Crippen molar-refractivity contribution in [2.45, 2.75) is 18.9 Å². The van der Waals surface area contributed by atoms with Crippen molar-refractivity contribution in [1.82, 2.24) is 0 Å². The van der Waals surface area contributed by atoms with Crippen molar-refractivity contribution >= 4 is 11.6 Å². The van der Waals surface area contributed by atoms with Gasteiger partial charge in [0.05, 0.1) is 25.9 Å². The Morgan fingerprint density at radius 3 is 2.96 bits per heavy atom. The molecule has 1 saturated heterocycles. The maximum atomic E-state index is 6.01. The van der Waals surface area contributed by atoms with E-state index < -0.39 is 0 Å². The summed E-state index contributed by atoms with van der Waals surface area (Å²) in [6.45, 7) is 3.31. The van der Waals surface area contributed by atoms with E-state index in [9.17, 15) is 0 Å². The van der Waals surface area contributed by atoms with Gasteiger partial charge >= 0.3 is 0 Å². The molecule has 0 bridgehead atoms. The summed E-state index contributed by atoms with van der Waals surface area (Å²) in [5, 5.41) is 3.10. The van der Waals surface area contributed by atoms with Crippen LogP contribution in [0.1, 0.15) is 12.8 Å². The Bertz CT molecular complexity index is 579. The van der Waals surface area contributed by atoms with Crippen molar-refractivity contribution in [3.63, 3.8) is 0 Å². The number of anilines is 1. The summed E-state index contributed by atoms with van der Waals surface area (Å²) in [7, 11) is 1.70. The number of benzene rings is 1. The summed E-state index contributed by atoms with van der Waals surface area (Å²) >= 11 is 0. The van der Waals surface area contributed by atoms with Crippen LogP contribution in [-0.4, -0.2) is 52.1 Å². The second kappa shape index (κ2) is 8.21. The third-order valence-corrected chi connectivity index (χ3v) is 4.26. The first kappa shape index (κ1) is 16.9. The van der Waals surface area contributed by atoms with E-state index in [1.807, 2.05) is 18.2 Å². The van der Waals surface area contributed by atoms with Gasteiger partial charge in [0.1, 0.15) is 0 Å². The van der Waals surface area contributed by atoms with Gasteiger partial charge in [0.15, 0.2) is 17.5 Å². The van der Waals surface area contributed by atoms with Gasteiger partial charge in [0.25, 0.3) is 0 Å². The van der Waals surface area contributed by atoms with E-state index in [1.165, 1.54) is 0 Å². The topological polar surface area (TPSA) is 87.3 Å². The Balaban J connectivity index is 1.59. The summed E-state index contributed by atoms with van der Waals surface area (Å²) in [6, 6.07) is 5.67. The van der Waals surface area contributed by atoms with Crippen LogP contribution in [0, 0.1) is 5.92 Å². The van der Waals surface area contributed by atoms with Gasteiger partial charge in [-0.3, -0.25) is 4.99 Å². The largest absolute Gasteiger partial charge is 0.490 e. The number of nitrogens with two attached hydrogens (primary N) is 1. The van der Waals surface area contributed by atoms with Gasteiger partial charge in [-0.05, 0) is 18.6 Å². The third-order valence-electron chi connectivity index (χ3n) is 4.26. The predicted octanol–water partition coefficient (Wildman–Crippen LogP) is 1.63. The molecule has 2 atom stereocenters. The molecule has 132 valence electrons. The maximum absolute atomic E-state index is 6.01. The minimum Gasteiger partial charge on any atom is -0.490 e. The van der Waals surface area contributed by atoms with Gasteiger partial charge < -0.3 is 30.0 Å². The minimum absolute atomic E-state index is 0.0772. The molecule has 2 unspecified atom stereocenters. The molecular weight excluding hydrogens is 310 g/mol. The Kier molecular flexibility index (Phi) is 5.77. The zero-order valence-corrected chi connectivity index (χ0v) is 14.0. The Hall–Kier alpha value is -1.99. The average Bonchev–Trinajstić information content (AvgIpc) is 2.85. The average molecular weight is 335 g/mol. The first-order valence-corrected chi connectivity index (χ1v) is 8.33. The molecule has 7 heteroatoms. The van der Waals surface area contributed by atoms with E-state index in [1.54, 1.807) is 7.11 Å². The molecule has 2 aliphatic heterocycles. The van der Waals surface area contributed by atoms with Gasteiger partial charge in [-0.25, -0.2) is 0 Å². The summed E-state index contributed by atoms with van der Waals surface area (Å²) in [5.74, 6) is 2.20. The van der Waals surface area contributed by atoms with E-state index in [0.29, 0.717) is 38.2 Å². The first-order chi connectivity index (χ1) is 11.8. The van der Waals surface area contributed by atoms with E-state index in [2.05, 4.69) is 10.3 Å². The van der Waals surface area contributed by atoms with Crippen LogP contribution < -0.4 is 20.5 Å². The van der Waals surface area contributed by atoms with E-state index >= 15 is 0 Å². The van der Waals surface area contributed by atoms with Crippen LogP contribution in [0.5, 0.6) is 11.5 Å². The smallest absolute Gasteiger partial charge is 0.193 e. The van der Waals surface area contributed by atoms with Gasteiger partial charge in [-0.15, -0.1) is 0 Å². The van der Waals surface area contributed by atoms with Crippen molar-refractivity contribution in [2.24, 2.45) is 16.6 Å². The number of nitrogens with zero attached hydrogens (tertiary/aromatic N) is 1. The van der Waals surface area contributed by atoms with E-state index in [-0.39, 0.29) is 6.10 Å². The van der Waals surface area contributed by atoms with Crippen molar-refractivity contribution in [1.29, 1.82) is 0 Å². The van der Waals surface area contributed by atoms with Crippen LogP contribution in [0.3, 0.4) is 0 Å². The standard InChI is InChI=1S/C17H25N3O4/c1-21-16-11-22-8-5-12(16)10-19-17(18)20-13-3-4-14-15(9-13)24-7-2-6-23-14/h3-4,9,12,16H,2,5-8,10-11H2,1H3,(H3,18,19,20). The fraction of sp³-hybridized carbons (Fsp3) is 0.588. The molecule has 1 fully saturated rings. The van der Waals surface area contributed by atoms with Gasteiger partial charge in [0.2, 0.25) is 0 Å². The van der Waals surface area contributed by atoms with Crippen molar-refractivity contribution in [3.8, 4) is 11.5 Å². The van der Waals surface area contributed by atoms with Crippen LogP contribution in [-0.2, 0) is 9.47 Å². The molecule has 0 radical (unpaired) electrons. The third kappa shape index (κ3) is 4.30. The zero-order chi connectivity index (χ0) is 16.8. The quantitative estimate of drug-likeness (QED) is 0.642. The molecule has 0 aromatic heterocycles. The second-order valence-electron chi connectivity index (χ2n) is 5.96. The number of ether oxygens (including phenoxy) is 4. The van der Waals surface area contributed by atoms with Gasteiger partial charge in [0, 0.05) is 44.4 Å². The number of rotatable bonds is 4. The zero-order valence-electron chi connectivity index (χ0n) is 14.0. The molecule has 0 aliphatic carbocycles. The Morgan fingerprint density at radius 2 is 2.12 bits per heavy atom. The highest BCUT2D eigenvalue weighted by Crippen LogP contribution is 2.32. The number of hydrogen-bond donors (Lipinski definition) is 2. The van der Waals surface area contributed by atoms with E-state index in [4.69, 9.17) is 24.7 Å². The van der Waals surface area contributed by atoms with Gasteiger partial charge in [-0.2, -0.15) is 0 Å². The van der Waals surface area contributed by atoms with Gasteiger partial charge in [-0.1, -0.05) is 0 Å². The first-order valence-electron chi connectivity index (χ1n) is 8.33. The Morgan fingerprint density at radius 1 is 1.29 bits per heavy atom.